The molecule has 4 aliphatic rings. The van der Waals surface area contributed by atoms with Crippen LogP contribution in [-0.2, 0) is 9.59 Å². The summed E-state index contributed by atoms with van der Waals surface area (Å²) in [5, 5.41) is 10.2. The third-order valence-corrected chi connectivity index (χ3v) is 9.64. The number of aromatic nitrogens is 1. The lowest BCUT2D eigenvalue weighted by Crippen LogP contribution is -2.53. The zero-order chi connectivity index (χ0) is 33.1. The van der Waals surface area contributed by atoms with E-state index >= 15 is 4.39 Å². The second kappa shape index (κ2) is 11.8. The Hall–Kier alpha value is -4.39. The van der Waals surface area contributed by atoms with Crippen LogP contribution in [0.25, 0.3) is 11.1 Å². The average molecular weight is 626 g/mol. The van der Waals surface area contributed by atoms with Gasteiger partial charge in [0.25, 0.3) is 0 Å². The molecular formula is C37H39F2N4O3+. The van der Waals surface area contributed by atoms with Gasteiger partial charge in [-0.1, -0.05) is 32.0 Å². The second-order valence-electron chi connectivity index (χ2n) is 13.3. The van der Waals surface area contributed by atoms with Crippen LogP contribution in [0.5, 0.6) is 0 Å². The van der Waals surface area contributed by atoms with E-state index in [0.29, 0.717) is 66.3 Å². The zero-order valence-corrected chi connectivity index (χ0v) is 26.7. The van der Waals surface area contributed by atoms with E-state index in [9.17, 15) is 19.1 Å². The number of allylic oxidation sites excluding steroid dienone is 2. The molecule has 5 heterocycles. The molecule has 1 aromatic heterocycles. The molecule has 0 spiro atoms. The van der Waals surface area contributed by atoms with Crippen molar-refractivity contribution < 1.29 is 28.0 Å². The SMILES string of the molecule is C#Cc1ncc(C(CC(=O)O)[N+]23C(=C)C2=C2C(F)=CC(CCN4CC(F)C4)=CN2C(CC(C)C)C3=O)cc1-c1c(C)cccc1C. The number of rotatable bonds is 10. The van der Waals surface area contributed by atoms with Crippen LogP contribution in [0.4, 0.5) is 8.78 Å². The number of alkyl halides is 1. The summed E-state index contributed by atoms with van der Waals surface area (Å²) in [6.45, 7) is 13.5. The van der Waals surface area contributed by atoms with Crippen molar-refractivity contribution in [2.45, 2.75) is 65.2 Å². The van der Waals surface area contributed by atoms with Crippen molar-refractivity contribution in [3.8, 4) is 23.5 Å². The maximum absolute atomic E-state index is 16.2. The Balaban J connectivity index is 1.48. The monoisotopic (exact) mass is 625 g/mol. The van der Waals surface area contributed by atoms with E-state index in [1.54, 1.807) is 11.1 Å². The van der Waals surface area contributed by atoms with Gasteiger partial charge in [0, 0.05) is 43.2 Å². The number of benzene rings is 1. The molecule has 0 saturated carbocycles. The van der Waals surface area contributed by atoms with Gasteiger partial charge < -0.3 is 10.0 Å². The molecule has 9 heteroatoms. The number of quaternary nitrogens is 1. The average Bonchev–Trinajstić information content (AvgIpc) is 3.60. The molecule has 1 aromatic carbocycles. The summed E-state index contributed by atoms with van der Waals surface area (Å²) in [5.41, 5.74) is 6.19. The first-order valence-corrected chi connectivity index (χ1v) is 15.7. The zero-order valence-electron chi connectivity index (χ0n) is 26.7. The van der Waals surface area contributed by atoms with Crippen LogP contribution in [0, 0.1) is 32.1 Å². The van der Waals surface area contributed by atoms with Gasteiger partial charge in [-0.05, 0) is 79.5 Å². The van der Waals surface area contributed by atoms with Crippen molar-refractivity contribution in [1.29, 1.82) is 0 Å². The first-order chi connectivity index (χ1) is 21.9. The van der Waals surface area contributed by atoms with E-state index in [1.807, 2.05) is 63.1 Å². The number of likely N-dealkylation sites (tertiary alicyclic amines) is 1. The number of hydrogen-bond donors (Lipinski definition) is 1. The Bertz CT molecular complexity index is 1780. The summed E-state index contributed by atoms with van der Waals surface area (Å²) in [6, 6.07) is 6.05. The van der Waals surface area contributed by atoms with E-state index in [-0.39, 0.29) is 17.5 Å². The first kappa shape index (κ1) is 31.6. The van der Waals surface area contributed by atoms with Gasteiger partial charge in [-0.2, -0.15) is 4.48 Å². The third-order valence-electron chi connectivity index (χ3n) is 9.64. The molecule has 6 rings (SSSR count). The van der Waals surface area contributed by atoms with Crippen LogP contribution in [-0.4, -0.2) is 68.1 Å². The number of terminal acetylenes is 1. The van der Waals surface area contributed by atoms with Gasteiger partial charge in [-0.3, -0.25) is 9.69 Å². The minimum Gasteiger partial charge on any atom is -0.481 e. The lowest BCUT2D eigenvalue weighted by atomic mass is 9.91. The highest BCUT2D eigenvalue weighted by Gasteiger charge is 2.74. The fraction of sp³-hybridized carbons (Fsp3) is 0.378. The molecule has 3 atom stereocenters. The molecule has 46 heavy (non-hydrogen) atoms. The van der Waals surface area contributed by atoms with E-state index in [2.05, 4.69) is 17.5 Å². The van der Waals surface area contributed by atoms with Gasteiger partial charge in [0.05, 0.1) is 0 Å². The van der Waals surface area contributed by atoms with Gasteiger partial charge in [0.1, 0.15) is 36.1 Å². The number of fused-ring (bicyclic) bond motifs is 2. The largest absolute Gasteiger partial charge is 0.481 e. The molecule has 2 aromatic rings. The number of hydrogen-bond acceptors (Lipinski definition) is 5. The second-order valence-corrected chi connectivity index (χ2v) is 13.3. The smallest absolute Gasteiger partial charge is 0.347 e. The molecule has 1 amide bonds. The van der Waals surface area contributed by atoms with Crippen molar-refractivity contribution in [3.05, 3.63) is 100 Å². The van der Waals surface area contributed by atoms with Crippen LogP contribution in [0.15, 0.2) is 77.8 Å². The number of pyridine rings is 1. The Morgan fingerprint density at radius 1 is 1.26 bits per heavy atom. The summed E-state index contributed by atoms with van der Waals surface area (Å²) in [5.74, 6) is 0.905. The predicted octanol–water partition coefficient (Wildman–Crippen LogP) is 6.47. The molecule has 238 valence electrons. The summed E-state index contributed by atoms with van der Waals surface area (Å²) >= 11 is 0. The summed E-state index contributed by atoms with van der Waals surface area (Å²) in [6.07, 6.45) is 10.4. The molecule has 0 bridgehead atoms. The highest BCUT2D eigenvalue weighted by atomic mass is 19.1. The number of carboxylic acids is 1. The number of aliphatic carboxylic acids is 1. The molecule has 0 radical (unpaired) electrons. The lowest BCUT2D eigenvalue weighted by molar-refractivity contribution is -0.718. The van der Waals surface area contributed by atoms with Crippen molar-refractivity contribution in [2.24, 2.45) is 5.92 Å². The number of carbonyl (C=O) groups is 2. The minimum absolute atomic E-state index is 0.0866. The van der Waals surface area contributed by atoms with Crippen LogP contribution in [0.3, 0.4) is 0 Å². The molecular weight excluding hydrogens is 586 g/mol. The summed E-state index contributed by atoms with van der Waals surface area (Å²) in [7, 11) is 0. The number of nitrogens with zero attached hydrogens (tertiary/aromatic N) is 4. The molecule has 3 unspecified atom stereocenters. The highest BCUT2D eigenvalue weighted by Crippen LogP contribution is 2.63. The highest BCUT2D eigenvalue weighted by molar-refractivity contribution is 5.86. The van der Waals surface area contributed by atoms with E-state index < -0.39 is 41.0 Å². The summed E-state index contributed by atoms with van der Waals surface area (Å²) in [4.78, 5) is 35.6. The lowest BCUT2D eigenvalue weighted by Gasteiger charge is -2.39. The van der Waals surface area contributed by atoms with Gasteiger partial charge >= 0.3 is 11.9 Å². The fourth-order valence-electron chi connectivity index (χ4n) is 7.45. The van der Waals surface area contributed by atoms with Crippen LogP contribution in [0.2, 0.25) is 0 Å². The maximum Gasteiger partial charge on any atom is 0.347 e. The van der Waals surface area contributed by atoms with Gasteiger partial charge in [0.2, 0.25) is 11.4 Å². The van der Waals surface area contributed by atoms with Crippen LogP contribution in [0.1, 0.15) is 61.5 Å². The molecule has 4 aliphatic heterocycles. The normalized spacial score (nSPS) is 23.3. The summed E-state index contributed by atoms with van der Waals surface area (Å²) < 4.78 is 29.2. The molecule has 0 aliphatic carbocycles. The van der Waals surface area contributed by atoms with Gasteiger partial charge in [0.15, 0.2) is 5.83 Å². The van der Waals surface area contributed by atoms with Crippen molar-refractivity contribution in [2.75, 3.05) is 19.6 Å². The minimum atomic E-state index is -1.10. The Kier molecular flexibility index (Phi) is 8.07. The van der Waals surface area contributed by atoms with Crippen LogP contribution >= 0.6 is 0 Å². The standard InChI is InChI=1S/C37H38F2N4O3/c1-7-30-28(34-22(4)9-8-10-23(34)5)15-26(17-40-30)32(16-33(44)45)43-24(6)36(43)35-29(39)14-25(11-12-41-19-27(38)20-41)18-42(35)31(37(43)46)13-21(2)3/h1,8-10,14-15,17-18,21,27,31-32H,6,11-13,16,19-20H2,2-5H3/p+1. The quantitative estimate of drug-likeness (QED) is 0.185. The number of amides is 1. The Labute approximate surface area is 268 Å². The third kappa shape index (κ3) is 5.10. The van der Waals surface area contributed by atoms with Crippen LogP contribution < -0.4 is 0 Å². The van der Waals surface area contributed by atoms with E-state index in [0.717, 1.165) is 16.7 Å². The predicted molar refractivity (Wildman–Crippen MR) is 172 cm³/mol. The number of aryl methyl sites for hydroxylation is 2. The van der Waals surface area contributed by atoms with Gasteiger partial charge in [-0.15, -0.1) is 6.42 Å². The number of halogens is 2. The number of carboxylic acid groups (broad SMARTS) is 1. The maximum atomic E-state index is 16.2. The Morgan fingerprint density at radius 3 is 2.57 bits per heavy atom. The van der Waals surface area contributed by atoms with E-state index in [1.165, 1.54) is 6.08 Å². The molecule has 7 nitrogen and oxygen atoms in total. The van der Waals surface area contributed by atoms with Crippen molar-refractivity contribution >= 4 is 11.9 Å². The van der Waals surface area contributed by atoms with Crippen molar-refractivity contribution in [3.63, 3.8) is 0 Å². The molecule has 1 N–H and O–H groups in total. The topological polar surface area (TPSA) is 73.7 Å². The Morgan fingerprint density at radius 2 is 1.96 bits per heavy atom. The fourth-order valence-corrected chi connectivity index (χ4v) is 7.45. The number of carbonyl (C=O) groups excluding carboxylic acids is 1. The molecule has 2 saturated heterocycles. The van der Waals surface area contributed by atoms with Gasteiger partial charge in [-0.25, -0.2) is 18.6 Å². The van der Waals surface area contributed by atoms with Crippen molar-refractivity contribution in [1.82, 2.24) is 14.8 Å². The van der Waals surface area contributed by atoms with E-state index in [4.69, 9.17) is 6.42 Å². The molecule has 2 fully saturated rings. The first-order valence-electron chi connectivity index (χ1n) is 15.7.